The molecule has 2 heteroatoms. The van der Waals surface area contributed by atoms with Crippen molar-refractivity contribution in [2.45, 2.75) is 6.42 Å². The molecule has 1 aliphatic rings. The largest absolute Gasteiger partial charge is 0.457 e. The Kier molecular flexibility index (Phi) is 1.92. The quantitative estimate of drug-likeness (QED) is 0.459. The average Bonchev–Trinajstić information content (AvgIpc) is 2.42. The number of hydrogen-bond donors (Lipinski definition) is 0. The van der Waals surface area contributed by atoms with Crippen LogP contribution in [0.15, 0.2) is 54.7 Å². The van der Waals surface area contributed by atoms with Gasteiger partial charge in [-0.25, -0.2) is 0 Å². The van der Waals surface area contributed by atoms with E-state index in [0.29, 0.717) is 0 Å². The van der Waals surface area contributed by atoms with E-state index in [2.05, 4.69) is 29.2 Å². The lowest BCUT2D eigenvalue weighted by Gasteiger charge is -2.20. The van der Waals surface area contributed by atoms with E-state index in [0.717, 1.165) is 28.8 Å². The third-order valence-electron chi connectivity index (χ3n) is 3.36. The van der Waals surface area contributed by atoms with Gasteiger partial charge in [-0.3, -0.25) is 4.98 Å². The zero-order valence-electron chi connectivity index (χ0n) is 9.76. The smallest absolute Gasteiger partial charge is 0.131 e. The lowest BCUT2D eigenvalue weighted by molar-refractivity contribution is 0.461. The number of aromatic nitrogens is 1. The predicted molar refractivity (Wildman–Crippen MR) is 71.1 cm³/mol. The Morgan fingerprint density at radius 1 is 0.889 bits per heavy atom. The number of hydrogen-bond acceptors (Lipinski definition) is 2. The minimum absolute atomic E-state index is 0.915. The van der Waals surface area contributed by atoms with Crippen LogP contribution in [-0.2, 0) is 6.42 Å². The standard InChI is InChI=1S/C16H11NO/c1-2-6-15-12(4-1)8-13-9-14-11(5-3-7-17-14)10-16(13)18-15/h1-7,9-10H,8H2. The molecule has 0 amide bonds. The topological polar surface area (TPSA) is 22.1 Å². The Morgan fingerprint density at radius 3 is 2.83 bits per heavy atom. The van der Waals surface area contributed by atoms with Crippen LogP contribution in [0.5, 0.6) is 11.5 Å². The van der Waals surface area contributed by atoms with Crippen molar-refractivity contribution in [1.82, 2.24) is 4.98 Å². The van der Waals surface area contributed by atoms with Gasteiger partial charge < -0.3 is 4.74 Å². The predicted octanol–water partition coefficient (Wildman–Crippen LogP) is 3.93. The number of fused-ring (bicyclic) bond motifs is 3. The summed E-state index contributed by atoms with van der Waals surface area (Å²) in [6, 6.07) is 16.4. The van der Waals surface area contributed by atoms with Crippen molar-refractivity contribution in [3.8, 4) is 11.5 Å². The van der Waals surface area contributed by atoms with Gasteiger partial charge >= 0.3 is 0 Å². The lowest BCUT2D eigenvalue weighted by atomic mass is 9.99. The number of ether oxygens (including phenoxy) is 1. The van der Waals surface area contributed by atoms with Crippen LogP contribution < -0.4 is 4.74 Å². The zero-order valence-corrected chi connectivity index (χ0v) is 9.76. The van der Waals surface area contributed by atoms with Crippen molar-refractivity contribution in [2.75, 3.05) is 0 Å². The van der Waals surface area contributed by atoms with Gasteiger partial charge in [0.25, 0.3) is 0 Å². The number of para-hydroxylation sites is 1. The van der Waals surface area contributed by atoms with Gasteiger partial charge in [0, 0.05) is 23.6 Å². The lowest BCUT2D eigenvalue weighted by Crippen LogP contribution is -2.02. The number of benzene rings is 2. The van der Waals surface area contributed by atoms with Crippen molar-refractivity contribution in [3.63, 3.8) is 0 Å². The third kappa shape index (κ3) is 1.39. The second kappa shape index (κ2) is 3.57. The zero-order chi connectivity index (χ0) is 11.9. The van der Waals surface area contributed by atoms with E-state index in [1.807, 2.05) is 30.5 Å². The fourth-order valence-electron chi connectivity index (χ4n) is 2.45. The van der Waals surface area contributed by atoms with Crippen molar-refractivity contribution in [1.29, 1.82) is 0 Å². The summed E-state index contributed by atoms with van der Waals surface area (Å²) in [5, 5.41) is 1.12. The molecule has 4 rings (SSSR count). The van der Waals surface area contributed by atoms with Crippen molar-refractivity contribution >= 4 is 10.9 Å². The van der Waals surface area contributed by atoms with Gasteiger partial charge in [-0.2, -0.15) is 0 Å². The van der Waals surface area contributed by atoms with Crippen LogP contribution >= 0.6 is 0 Å². The van der Waals surface area contributed by atoms with E-state index in [1.54, 1.807) is 0 Å². The molecule has 2 aromatic carbocycles. The molecule has 0 bridgehead atoms. The van der Waals surface area contributed by atoms with Crippen LogP contribution in [0.25, 0.3) is 10.9 Å². The maximum Gasteiger partial charge on any atom is 0.131 e. The maximum absolute atomic E-state index is 5.96. The average molecular weight is 233 g/mol. The molecule has 0 N–H and O–H groups in total. The molecule has 2 heterocycles. The second-order valence-corrected chi connectivity index (χ2v) is 4.54. The first-order valence-electron chi connectivity index (χ1n) is 6.03. The highest BCUT2D eigenvalue weighted by Crippen LogP contribution is 2.37. The molecule has 0 unspecified atom stereocenters. The molecule has 0 atom stereocenters. The normalized spacial score (nSPS) is 12.7. The Morgan fingerprint density at radius 2 is 1.83 bits per heavy atom. The minimum atomic E-state index is 0.915. The molecule has 0 spiro atoms. The first-order valence-corrected chi connectivity index (χ1v) is 6.03. The van der Waals surface area contributed by atoms with Crippen molar-refractivity contribution in [3.05, 3.63) is 65.9 Å². The van der Waals surface area contributed by atoms with Gasteiger partial charge in [-0.05, 0) is 29.8 Å². The summed E-state index contributed by atoms with van der Waals surface area (Å²) < 4.78 is 5.96. The molecule has 0 saturated carbocycles. The van der Waals surface area contributed by atoms with Crippen LogP contribution in [0.4, 0.5) is 0 Å². The highest BCUT2D eigenvalue weighted by Gasteiger charge is 2.17. The molecule has 0 fully saturated rings. The van der Waals surface area contributed by atoms with Gasteiger partial charge in [0.2, 0.25) is 0 Å². The molecule has 1 aromatic heterocycles. The summed E-state index contributed by atoms with van der Waals surface area (Å²) >= 11 is 0. The van der Waals surface area contributed by atoms with Gasteiger partial charge in [-0.1, -0.05) is 24.3 Å². The van der Waals surface area contributed by atoms with Crippen LogP contribution in [0, 0.1) is 0 Å². The third-order valence-corrected chi connectivity index (χ3v) is 3.36. The molecule has 0 aliphatic carbocycles. The number of pyridine rings is 1. The molecule has 0 saturated heterocycles. The van der Waals surface area contributed by atoms with Gasteiger partial charge in [0.05, 0.1) is 5.52 Å². The fourth-order valence-corrected chi connectivity index (χ4v) is 2.45. The van der Waals surface area contributed by atoms with Gasteiger partial charge in [0.1, 0.15) is 11.5 Å². The monoisotopic (exact) mass is 233 g/mol. The molecular formula is C16H11NO. The molecule has 86 valence electrons. The van der Waals surface area contributed by atoms with Crippen LogP contribution in [0.3, 0.4) is 0 Å². The van der Waals surface area contributed by atoms with Crippen molar-refractivity contribution < 1.29 is 4.74 Å². The summed E-state index contributed by atoms with van der Waals surface area (Å²) in [7, 11) is 0. The van der Waals surface area contributed by atoms with E-state index in [4.69, 9.17) is 4.74 Å². The summed E-state index contributed by atoms with van der Waals surface area (Å²) in [5.74, 6) is 1.92. The Balaban J connectivity index is 1.92. The van der Waals surface area contributed by atoms with Crippen molar-refractivity contribution in [2.24, 2.45) is 0 Å². The Labute approximate surface area is 105 Å². The summed E-state index contributed by atoms with van der Waals surface area (Å²) in [5.41, 5.74) is 3.47. The number of rotatable bonds is 0. The minimum Gasteiger partial charge on any atom is -0.457 e. The molecule has 18 heavy (non-hydrogen) atoms. The molecule has 0 radical (unpaired) electrons. The van der Waals surface area contributed by atoms with Gasteiger partial charge in [-0.15, -0.1) is 0 Å². The van der Waals surface area contributed by atoms with Crippen LogP contribution in [-0.4, -0.2) is 4.98 Å². The van der Waals surface area contributed by atoms with E-state index < -0.39 is 0 Å². The van der Waals surface area contributed by atoms with E-state index >= 15 is 0 Å². The molecule has 2 nitrogen and oxygen atoms in total. The fraction of sp³-hybridized carbons (Fsp3) is 0.0625. The highest BCUT2D eigenvalue weighted by atomic mass is 16.5. The van der Waals surface area contributed by atoms with E-state index in [1.165, 1.54) is 11.1 Å². The first-order chi connectivity index (χ1) is 8.90. The highest BCUT2D eigenvalue weighted by molar-refractivity contribution is 5.82. The molecular weight excluding hydrogens is 222 g/mol. The summed E-state index contributed by atoms with van der Waals surface area (Å²) in [4.78, 5) is 4.39. The van der Waals surface area contributed by atoms with Crippen LogP contribution in [0.2, 0.25) is 0 Å². The summed E-state index contributed by atoms with van der Waals surface area (Å²) in [6.45, 7) is 0. The Bertz CT molecular complexity index is 685. The summed E-state index contributed by atoms with van der Waals surface area (Å²) in [6.07, 6.45) is 2.74. The Hall–Kier alpha value is -2.35. The SMILES string of the molecule is c1ccc2c(c1)Cc1cc3ncccc3cc1O2. The van der Waals surface area contributed by atoms with E-state index in [9.17, 15) is 0 Å². The molecule has 1 aliphatic heterocycles. The van der Waals surface area contributed by atoms with Crippen LogP contribution in [0.1, 0.15) is 11.1 Å². The maximum atomic E-state index is 5.96. The first kappa shape index (κ1) is 9.66. The molecule has 3 aromatic rings. The second-order valence-electron chi connectivity index (χ2n) is 4.54. The number of nitrogens with zero attached hydrogens (tertiary/aromatic N) is 1. The van der Waals surface area contributed by atoms with Gasteiger partial charge in [0.15, 0.2) is 0 Å². The van der Waals surface area contributed by atoms with E-state index in [-0.39, 0.29) is 0 Å².